The van der Waals surface area contributed by atoms with Gasteiger partial charge in [-0.1, -0.05) is 0 Å². The van der Waals surface area contributed by atoms with Gasteiger partial charge in [0.05, 0.1) is 16.4 Å². The molecule has 172 valence electrons. The van der Waals surface area contributed by atoms with Crippen molar-refractivity contribution in [3.63, 3.8) is 0 Å². The second-order valence-electron chi connectivity index (χ2n) is 8.67. The molecule has 11 heteroatoms. The molecule has 2 N–H and O–H groups in total. The van der Waals surface area contributed by atoms with Crippen LogP contribution in [-0.4, -0.2) is 65.9 Å². The van der Waals surface area contributed by atoms with Crippen LogP contribution in [0.5, 0.6) is 0 Å². The molecule has 0 aromatic heterocycles. The van der Waals surface area contributed by atoms with Crippen LogP contribution in [-0.2, 0) is 19.7 Å². The molecule has 3 heterocycles. The van der Waals surface area contributed by atoms with Crippen LogP contribution >= 0.6 is 0 Å². The molecule has 2 saturated heterocycles. The van der Waals surface area contributed by atoms with E-state index in [1.165, 1.54) is 6.92 Å². The maximum absolute atomic E-state index is 13.0. The van der Waals surface area contributed by atoms with Crippen molar-refractivity contribution in [2.24, 2.45) is 5.92 Å². The van der Waals surface area contributed by atoms with Crippen molar-refractivity contribution in [3.05, 3.63) is 29.3 Å². The molecule has 0 saturated carbocycles. The summed E-state index contributed by atoms with van der Waals surface area (Å²) in [6, 6.07) is 4.01. The number of imide groups is 2. The number of rotatable bonds is 5. The number of hydrogen-bond acceptors (Lipinski definition) is 7. The van der Waals surface area contributed by atoms with Gasteiger partial charge in [0, 0.05) is 25.2 Å². The van der Waals surface area contributed by atoms with Crippen molar-refractivity contribution >= 4 is 39.4 Å². The van der Waals surface area contributed by atoms with Crippen molar-refractivity contribution in [2.45, 2.75) is 50.3 Å². The van der Waals surface area contributed by atoms with E-state index >= 15 is 0 Å². The highest BCUT2D eigenvalue weighted by Gasteiger charge is 2.44. The summed E-state index contributed by atoms with van der Waals surface area (Å²) in [5, 5.41) is 1.37. The Labute approximate surface area is 185 Å². The summed E-state index contributed by atoms with van der Waals surface area (Å²) in [6.07, 6.45) is 2.06. The molecule has 10 nitrogen and oxygen atoms in total. The summed E-state index contributed by atoms with van der Waals surface area (Å²) in [4.78, 5) is 52.4. The summed E-state index contributed by atoms with van der Waals surface area (Å²) >= 11 is 0. The number of nitrogens with one attached hydrogen (secondary N) is 1. The molecule has 3 aliphatic rings. The average molecular weight is 464 g/mol. The lowest BCUT2D eigenvalue weighted by molar-refractivity contribution is -0.136. The first kappa shape index (κ1) is 22.4. The van der Waals surface area contributed by atoms with E-state index in [1.807, 2.05) is 0 Å². The molecule has 0 radical (unpaired) electrons. The topological polar surface area (TPSA) is 141 Å². The standard InChI is InChI=1S/C21H25N3O7S/c1-12(32(29,30)31)10-13-6-8-23(9-7-13)14-2-3-15-16(11-14)21(28)24(20(15)27)17-4-5-18(25)22-19(17)26/h2-3,11-13,17H,4-10H2,1H3,(H,22,25,26)(H,29,30,31). The van der Waals surface area contributed by atoms with Crippen molar-refractivity contribution in [2.75, 3.05) is 18.0 Å². The quantitative estimate of drug-likeness (QED) is 0.486. The molecular formula is C21H25N3O7S. The number of hydrogen-bond donors (Lipinski definition) is 2. The van der Waals surface area contributed by atoms with Crippen LogP contribution in [0, 0.1) is 5.92 Å². The minimum Gasteiger partial charge on any atom is -0.371 e. The molecule has 0 spiro atoms. The zero-order valence-electron chi connectivity index (χ0n) is 17.6. The molecule has 4 amide bonds. The van der Waals surface area contributed by atoms with E-state index < -0.39 is 45.0 Å². The van der Waals surface area contributed by atoms with Crippen LogP contribution in [0.15, 0.2) is 18.2 Å². The highest BCUT2D eigenvalue weighted by Crippen LogP contribution is 2.33. The van der Waals surface area contributed by atoms with Gasteiger partial charge in [-0.15, -0.1) is 0 Å². The van der Waals surface area contributed by atoms with Gasteiger partial charge in [0.2, 0.25) is 11.8 Å². The van der Waals surface area contributed by atoms with Gasteiger partial charge in [-0.05, 0) is 56.7 Å². The van der Waals surface area contributed by atoms with Crippen LogP contribution in [0.2, 0.25) is 0 Å². The van der Waals surface area contributed by atoms with Gasteiger partial charge in [-0.25, -0.2) is 0 Å². The Morgan fingerprint density at radius 1 is 1.06 bits per heavy atom. The first-order chi connectivity index (χ1) is 15.1. The fourth-order valence-electron chi connectivity index (χ4n) is 4.67. The number of amides is 4. The van der Waals surface area contributed by atoms with E-state index in [9.17, 15) is 32.1 Å². The third-order valence-corrected chi connectivity index (χ3v) is 7.79. The molecule has 2 unspecified atom stereocenters. The van der Waals surface area contributed by atoms with Crippen molar-refractivity contribution in [1.82, 2.24) is 10.2 Å². The van der Waals surface area contributed by atoms with Gasteiger partial charge in [0.15, 0.2) is 0 Å². The van der Waals surface area contributed by atoms with Gasteiger partial charge < -0.3 is 4.90 Å². The highest BCUT2D eigenvalue weighted by atomic mass is 32.2. The third kappa shape index (κ3) is 4.14. The molecule has 0 bridgehead atoms. The van der Waals surface area contributed by atoms with Crippen LogP contribution < -0.4 is 10.2 Å². The summed E-state index contributed by atoms with van der Waals surface area (Å²) in [5.74, 6) is -1.97. The second-order valence-corrected chi connectivity index (χ2v) is 10.5. The van der Waals surface area contributed by atoms with Crippen molar-refractivity contribution < 1.29 is 32.1 Å². The SMILES string of the molecule is CC(CC1CCN(c2ccc3c(c2)C(=O)N(C2CCC(=O)NC2=O)C3=O)CC1)S(=O)(=O)O. The Balaban J connectivity index is 1.45. The Kier molecular flexibility index (Phi) is 5.80. The van der Waals surface area contributed by atoms with Gasteiger partial charge in [-0.3, -0.25) is 33.9 Å². The number of nitrogens with zero attached hydrogens (tertiary/aromatic N) is 2. The Morgan fingerprint density at radius 3 is 2.34 bits per heavy atom. The lowest BCUT2D eigenvalue weighted by Crippen LogP contribution is -2.54. The number of carbonyl (C=O) groups is 4. The number of benzene rings is 1. The van der Waals surface area contributed by atoms with Crippen LogP contribution in [0.4, 0.5) is 5.69 Å². The summed E-state index contributed by atoms with van der Waals surface area (Å²) in [5.41, 5.74) is 1.25. The van der Waals surface area contributed by atoms with E-state index in [1.54, 1.807) is 18.2 Å². The predicted molar refractivity (Wildman–Crippen MR) is 114 cm³/mol. The van der Waals surface area contributed by atoms with Gasteiger partial charge >= 0.3 is 0 Å². The molecule has 3 aliphatic heterocycles. The number of fused-ring (bicyclic) bond motifs is 1. The zero-order chi connectivity index (χ0) is 23.2. The molecule has 0 aliphatic carbocycles. The number of piperidine rings is 2. The highest BCUT2D eigenvalue weighted by molar-refractivity contribution is 7.86. The first-order valence-corrected chi connectivity index (χ1v) is 12.1. The fourth-order valence-corrected chi connectivity index (χ4v) is 5.19. The molecule has 2 atom stereocenters. The largest absolute Gasteiger partial charge is 0.371 e. The molecule has 32 heavy (non-hydrogen) atoms. The van der Waals surface area contributed by atoms with Crippen LogP contribution in [0.1, 0.15) is 59.7 Å². The van der Waals surface area contributed by atoms with Gasteiger partial charge in [-0.2, -0.15) is 8.42 Å². The lowest BCUT2D eigenvalue weighted by Gasteiger charge is -2.34. The zero-order valence-corrected chi connectivity index (χ0v) is 18.4. The maximum Gasteiger partial charge on any atom is 0.267 e. The summed E-state index contributed by atoms with van der Waals surface area (Å²) < 4.78 is 31.7. The van der Waals surface area contributed by atoms with E-state index in [2.05, 4.69) is 10.2 Å². The molecule has 1 aromatic carbocycles. The predicted octanol–water partition coefficient (Wildman–Crippen LogP) is 0.971. The fraction of sp³-hybridized carbons (Fsp3) is 0.524. The monoisotopic (exact) mass is 463 g/mol. The maximum atomic E-state index is 13.0. The van der Waals surface area contributed by atoms with Crippen molar-refractivity contribution in [3.8, 4) is 0 Å². The minimum absolute atomic E-state index is 0.0696. The third-order valence-electron chi connectivity index (χ3n) is 6.58. The second kappa shape index (κ2) is 8.28. The van der Waals surface area contributed by atoms with Gasteiger partial charge in [0.1, 0.15) is 6.04 Å². The minimum atomic E-state index is -4.04. The van der Waals surface area contributed by atoms with Crippen LogP contribution in [0.3, 0.4) is 0 Å². The molecule has 2 fully saturated rings. The summed E-state index contributed by atoms with van der Waals surface area (Å²) in [6.45, 7) is 2.81. The van der Waals surface area contributed by atoms with Crippen LogP contribution in [0.25, 0.3) is 0 Å². The lowest BCUT2D eigenvalue weighted by atomic mass is 9.92. The average Bonchev–Trinajstić information content (AvgIpc) is 2.98. The van der Waals surface area contributed by atoms with E-state index in [0.717, 1.165) is 23.4 Å². The Bertz CT molecular complexity index is 1090. The van der Waals surface area contributed by atoms with E-state index in [0.29, 0.717) is 19.5 Å². The number of anilines is 1. The van der Waals surface area contributed by atoms with Crippen molar-refractivity contribution in [1.29, 1.82) is 0 Å². The first-order valence-electron chi connectivity index (χ1n) is 10.6. The molecular weight excluding hydrogens is 438 g/mol. The smallest absolute Gasteiger partial charge is 0.267 e. The van der Waals surface area contributed by atoms with E-state index in [4.69, 9.17) is 0 Å². The Hall–Kier alpha value is -2.79. The Morgan fingerprint density at radius 2 is 1.72 bits per heavy atom. The molecule has 4 rings (SSSR count). The van der Waals surface area contributed by atoms with E-state index in [-0.39, 0.29) is 29.9 Å². The summed E-state index contributed by atoms with van der Waals surface area (Å²) in [7, 11) is -4.04. The molecule has 1 aromatic rings. The van der Waals surface area contributed by atoms with Gasteiger partial charge in [0.25, 0.3) is 21.9 Å². The normalized spacial score (nSPS) is 23.4. The number of carbonyl (C=O) groups excluding carboxylic acids is 4.